The number of anilines is 1. The Hall–Kier alpha value is -4.16. The second-order valence-corrected chi connectivity index (χ2v) is 5.59. The molecule has 0 atom stereocenters. The molecule has 0 bridgehead atoms. The highest BCUT2D eigenvalue weighted by molar-refractivity contribution is 6.32. The number of hydrogen-bond acceptors (Lipinski definition) is 4. The Morgan fingerprint density at radius 3 is 2.15 bits per heavy atom. The fourth-order valence-electron chi connectivity index (χ4n) is 3.08. The molecular formula is C20H12N6. The summed E-state index contributed by atoms with van der Waals surface area (Å²) < 4.78 is 0. The summed E-state index contributed by atoms with van der Waals surface area (Å²) in [6.45, 7) is 0. The van der Waals surface area contributed by atoms with E-state index >= 15 is 0 Å². The van der Waals surface area contributed by atoms with Crippen LogP contribution in [0.3, 0.4) is 0 Å². The van der Waals surface area contributed by atoms with E-state index < -0.39 is 0 Å². The lowest BCUT2D eigenvalue weighted by molar-refractivity contribution is 1.35. The van der Waals surface area contributed by atoms with E-state index in [2.05, 4.69) is 20.3 Å². The predicted octanol–water partition coefficient (Wildman–Crippen LogP) is 3.65. The van der Waals surface area contributed by atoms with Crippen molar-refractivity contribution in [3.8, 4) is 23.6 Å². The maximum absolute atomic E-state index is 9.15. The lowest BCUT2D eigenvalue weighted by Crippen LogP contribution is -2.03. The van der Waals surface area contributed by atoms with Crippen LogP contribution in [0.4, 0.5) is 5.82 Å². The smallest absolute Gasteiger partial charge is 0.207 e. The highest BCUT2D eigenvalue weighted by Crippen LogP contribution is 2.37. The summed E-state index contributed by atoms with van der Waals surface area (Å²) in [7, 11) is 0. The topological polar surface area (TPSA) is 100 Å². The number of rotatable bonds is 3. The Morgan fingerprint density at radius 1 is 0.885 bits per heavy atom. The van der Waals surface area contributed by atoms with Gasteiger partial charge < -0.3 is 4.98 Å². The maximum Gasteiger partial charge on any atom is 0.207 e. The van der Waals surface area contributed by atoms with Crippen LogP contribution in [0.5, 0.6) is 0 Å². The molecule has 0 aliphatic carbocycles. The first-order valence-corrected chi connectivity index (χ1v) is 7.91. The number of nitrogens with zero attached hydrogens (tertiary/aromatic N) is 4. The van der Waals surface area contributed by atoms with Crippen molar-refractivity contribution in [3.63, 3.8) is 0 Å². The molecule has 0 radical (unpaired) electrons. The normalized spacial score (nSPS) is 13.6. The van der Waals surface area contributed by atoms with E-state index in [0.29, 0.717) is 22.9 Å². The molecule has 1 aliphatic rings. The Kier molecular flexibility index (Phi) is 3.78. The number of fused-ring (bicyclic) bond motifs is 1. The van der Waals surface area contributed by atoms with Gasteiger partial charge in [0.25, 0.3) is 0 Å². The molecule has 3 aromatic rings. The Balaban J connectivity index is 2.01. The van der Waals surface area contributed by atoms with Crippen LogP contribution in [0.1, 0.15) is 16.7 Å². The predicted molar refractivity (Wildman–Crippen MR) is 99.7 cm³/mol. The van der Waals surface area contributed by atoms with Crippen LogP contribution < -0.4 is 5.32 Å². The van der Waals surface area contributed by atoms with Gasteiger partial charge in [0, 0.05) is 5.56 Å². The molecule has 1 aliphatic heterocycles. The molecule has 2 aromatic carbocycles. The molecule has 0 spiro atoms. The number of H-pyrrole nitrogens is 1. The zero-order valence-corrected chi connectivity index (χ0v) is 13.6. The highest BCUT2D eigenvalue weighted by atomic mass is 15.0. The number of amidine groups is 1. The molecule has 2 N–H and O–H groups in total. The van der Waals surface area contributed by atoms with Crippen molar-refractivity contribution in [1.29, 1.82) is 10.5 Å². The molecule has 0 unspecified atom stereocenters. The van der Waals surface area contributed by atoms with E-state index in [4.69, 9.17) is 10.5 Å². The average Bonchev–Trinajstić information content (AvgIpc) is 3.24. The van der Waals surface area contributed by atoms with Crippen LogP contribution in [0.25, 0.3) is 11.3 Å². The average molecular weight is 336 g/mol. The number of hydrogen-bond donors (Lipinski definition) is 2. The van der Waals surface area contributed by atoms with E-state index in [1.807, 2.05) is 73.0 Å². The molecule has 0 saturated carbocycles. The molecule has 4 rings (SSSR count). The van der Waals surface area contributed by atoms with Gasteiger partial charge in [0.2, 0.25) is 6.19 Å². The first kappa shape index (κ1) is 15.4. The summed E-state index contributed by atoms with van der Waals surface area (Å²) in [5.41, 5.74) is 4.70. The van der Waals surface area contributed by atoms with Crippen LogP contribution in [0.2, 0.25) is 0 Å². The zero-order valence-electron chi connectivity index (χ0n) is 13.6. The first-order chi connectivity index (χ1) is 12.8. The summed E-state index contributed by atoms with van der Waals surface area (Å²) in [6, 6.07) is 19.3. The molecule has 26 heavy (non-hydrogen) atoms. The SMILES string of the molecule is N#CN=C1N=C(c2ccccc2)c2c(NC#N)[nH]c(-c3ccccc3)c21. The van der Waals surface area contributed by atoms with Gasteiger partial charge in [-0.1, -0.05) is 60.7 Å². The van der Waals surface area contributed by atoms with Gasteiger partial charge in [-0.2, -0.15) is 15.5 Å². The quantitative estimate of drug-likeness (QED) is 0.564. The number of nitriles is 2. The summed E-state index contributed by atoms with van der Waals surface area (Å²) in [4.78, 5) is 11.7. The van der Waals surface area contributed by atoms with Crippen molar-refractivity contribution >= 4 is 17.4 Å². The van der Waals surface area contributed by atoms with Crippen LogP contribution in [-0.4, -0.2) is 16.5 Å². The molecule has 6 heteroatoms. The van der Waals surface area contributed by atoms with Crippen LogP contribution in [0.15, 0.2) is 70.6 Å². The minimum absolute atomic E-state index is 0.336. The maximum atomic E-state index is 9.15. The zero-order chi connectivity index (χ0) is 17.9. The van der Waals surface area contributed by atoms with Crippen molar-refractivity contribution in [1.82, 2.24) is 4.98 Å². The van der Waals surface area contributed by atoms with Crippen molar-refractivity contribution in [2.75, 3.05) is 5.32 Å². The van der Waals surface area contributed by atoms with Gasteiger partial charge in [-0.25, -0.2) is 4.99 Å². The fraction of sp³-hybridized carbons (Fsp3) is 0. The molecule has 0 fully saturated rings. The number of benzene rings is 2. The Morgan fingerprint density at radius 2 is 1.54 bits per heavy atom. The van der Waals surface area contributed by atoms with E-state index in [9.17, 15) is 0 Å². The van der Waals surface area contributed by atoms with Gasteiger partial charge in [0.15, 0.2) is 12.0 Å². The largest absolute Gasteiger partial charge is 0.340 e. The lowest BCUT2D eigenvalue weighted by atomic mass is 10.00. The number of aromatic nitrogens is 1. The monoisotopic (exact) mass is 336 g/mol. The molecular weight excluding hydrogens is 324 g/mol. The standard InChI is InChI=1S/C20H12N6/c21-11-23-19-15-16(18(26-19)14-9-5-2-6-10-14)20(24-12-22)25-17(15)13-7-3-1-4-8-13/h1-10,23,26H. The van der Waals surface area contributed by atoms with E-state index in [1.165, 1.54) is 0 Å². The van der Waals surface area contributed by atoms with Crippen molar-refractivity contribution in [2.24, 2.45) is 9.98 Å². The van der Waals surface area contributed by atoms with E-state index in [-0.39, 0.29) is 0 Å². The molecule has 1 aromatic heterocycles. The van der Waals surface area contributed by atoms with Gasteiger partial charge in [0.05, 0.1) is 22.5 Å². The van der Waals surface area contributed by atoms with Crippen LogP contribution in [-0.2, 0) is 0 Å². The fourth-order valence-corrected chi connectivity index (χ4v) is 3.08. The van der Waals surface area contributed by atoms with Gasteiger partial charge in [-0.15, -0.1) is 0 Å². The van der Waals surface area contributed by atoms with Crippen LogP contribution >= 0.6 is 0 Å². The minimum atomic E-state index is 0.336. The van der Waals surface area contributed by atoms with E-state index in [0.717, 1.165) is 22.4 Å². The van der Waals surface area contributed by atoms with Gasteiger partial charge in [-0.3, -0.25) is 5.32 Å². The van der Waals surface area contributed by atoms with Gasteiger partial charge in [0.1, 0.15) is 5.82 Å². The summed E-state index contributed by atoms with van der Waals surface area (Å²) in [5.74, 6) is 0.870. The number of aromatic amines is 1. The lowest BCUT2D eigenvalue weighted by Gasteiger charge is -2.03. The van der Waals surface area contributed by atoms with Crippen LogP contribution in [0, 0.1) is 22.9 Å². The third kappa shape index (κ3) is 2.43. The third-order valence-corrected chi connectivity index (χ3v) is 4.12. The molecule has 0 amide bonds. The van der Waals surface area contributed by atoms with Crippen molar-refractivity contribution in [2.45, 2.75) is 0 Å². The van der Waals surface area contributed by atoms with Gasteiger partial charge in [-0.05, 0) is 5.56 Å². The molecule has 2 heterocycles. The number of nitrogens with one attached hydrogen (secondary N) is 2. The minimum Gasteiger partial charge on any atom is -0.340 e. The molecule has 0 saturated heterocycles. The van der Waals surface area contributed by atoms with Crippen molar-refractivity contribution in [3.05, 3.63) is 77.4 Å². The number of aliphatic imine (C=N–C) groups is 2. The Labute approximate surface area is 149 Å². The third-order valence-electron chi connectivity index (χ3n) is 4.12. The molecule has 6 nitrogen and oxygen atoms in total. The Bertz CT molecular complexity index is 1110. The summed E-state index contributed by atoms with van der Waals surface area (Å²) in [6.07, 6.45) is 3.78. The second kappa shape index (κ2) is 6.39. The second-order valence-electron chi connectivity index (χ2n) is 5.59. The first-order valence-electron chi connectivity index (χ1n) is 7.91. The highest BCUT2D eigenvalue weighted by Gasteiger charge is 2.32. The van der Waals surface area contributed by atoms with Gasteiger partial charge >= 0.3 is 0 Å². The van der Waals surface area contributed by atoms with E-state index in [1.54, 1.807) is 0 Å². The van der Waals surface area contributed by atoms with Crippen molar-refractivity contribution < 1.29 is 0 Å². The summed E-state index contributed by atoms with van der Waals surface area (Å²) >= 11 is 0. The summed E-state index contributed by atoms with van der Waals surface area (Å²) in [5, 5.41) is 20.9. The molecule has 122 valence electrons.